The lowest BCUT2D eigenvalue weighted by Crippen LogP contribution is -2.39. The fourth-order valence-electron chi connectivity index (χ4n) is 4.20. The molecule has 5 rings (SSSR count). The van der Waals surface area contributed by atoms with E-state index in [4.69, 9.17) is 9.15 Å². The summed E-state index contributed by atoms with van der Waals surface area (Å²) >= 11 is 1.20. The van der Waals surface area contributed by atoms with Gasteiger partial charge >= 0.3 is 5.97 Å². The lowest BCUT2D eigenvalue weighted by atomic mass is 9.96. The van der Waals surface area contributed by atoms with Gasteiger partial charge in [0.05, 0.1) is 33.4 Å². The lowest BCUT2D eigenvalue weighted by Gasteiger charge is -2.24. The Morgan fingerprint density at radius 3 is 2.57 bits per heavy atom. The van der Waals surface area contributed by atoms with Crippen molar-refractivity contribution >= 4 is 29.1 Å². The molecule has 1 aliphatic heterocycles. The monoisotopic (exact) mass is 515 g/mol. The van der Waals surface area contributed by atoms with Gasteiger partial charge in [-0.1, -0.05) is 41.7 Å². The Balaban J connectivity index is 1.59. The zero-order valence-electron chi connectivity index (χ0n) is 19.9. The Morgan fingerprint density at radius 2 is 1.89 bits per heavy atom. The fraction of sp³-hybridized carbons (Fsp3) is 0.148. The summed E-state index contributed by atoms with van der Waals surface area (Å²) in [4.78, 5) is 42.0. The summed E-state index contributed by atoms with van der Waals surface area (Å²) in [7, 11) is 0. The normalized spacial score (nSPS) is 15.3. The number of allylic oxidation sites excluding steroid dienone is 1. The maximum atomic E-state index is 13.6. The molecule has 0 bridgehead atoms. The molecule has 0 N–H and O–H groups in total. The number of benzene rings is 2. The Hall–Kier alpha value is -4.57. The second-order valence-electron chi connectivity index (χ2n) is 8.22. The topological polar surface area (TPSA) is 117 Å². The van der Waals surface area contributed by atoms with Crippen LogP contribution in [0.2, 0.25) is 0 Å². The SMILES string of the molecule is CCOC(=O)C1=C(C)N=c2sc(=Cc3ccc(-c4ccc([N+](=O)[O-])cc4)o3)c(=O)n2C1c1ccccc1. The van der Waals surface area contributed by atoms with Gasteiger partial charge in [-0.2, -0.15) is 0 Å². The summed E-state index contributed by atoms with van der Waals surface area (Å²) in [6.45, 7) is 3.67. The van der Waals surface area contributed by atoms with Crippen molar-refractivity contribution in [2.45, 2.75) is 19.9 Å². The Bertz CT molecular complexity index is 1710. The predicted molar refractivity (Wildman–Crippen MR) is 138 cm³/mol. The molecule has 1 atom stereocenters. The molecular weight excluding hydrogens is 494 g/mol. The highest BCUT2D eigenvalue weighted by Crippen LogP contribution is 2.30. The first kappa shape index (κ1) is 24.1. The molecule has 0 saturated heterocycles. The molecule has 37 heavy (non-hydrogen) atoms. The number of ether oxygens (including phenoxy) is 1. The van der Waals surface area contributed by atoms with Gasteiger partial charge in [-0.25, -0.2) is 9.79 Å². The van der Waals surface area contributed by atoms with Crippen LogP contribution in [0.15, 0.2) is 92.2 Å². The number of carbonyl (C=O) groups is 1. The number of hydrogen-bond donors (Lipinski definition) is 0. The second kappa shape index (κ2) is 9.82. The van der Waals surface area contributed by atoms with E-state index < -0.39 is 16.9 Å². The van der Waals surface area contributed by atoms with Gasteiger partial charge in [0.25, 0.3) is 11.2 Å². The zero-order valence-corrected chi connectivity index (χ0v) is 20.7. The number of fused-ring (bicyclic) bond motifs is 1. The van der Waals surface area contributed by atoms with E-state index in [1.54, 1.807) is 44.2 Å². The molecule has 10 heteroatoms. The van der Waals surface area contributed by atoms with E-state index in [9.17, 15) is 19.7 Å². The molecular formula is C27H21N3O6S. The molecule has 9 nitrogen and oxygen atoms in total. The van der Waals surface area contributed by atoms with Crippen molar-refractivity contribution in [1.29, 1.82) is 0 Å². The van der Waals surface area contributed by atoms with E-state index in [1.807, 2.05) is 30.3 Å². The van der Waals surface area contributed by atoms with Crippen molar-refractivity contribution in [2.75, 3.05) is 6.61 Å². The van der Waals surface area contributed by atoms with Crippen LogP contribution in [0.5, 0.6) is 0 Å². The number of non-ortho nitro benzene ring substituents is 1. The highest BCUT2D eigenvalue weighted by Gasteiger charge is 2.33. The third-order valence-electron chi connectivity index (χ3n) is 5.90. The smallest absolute Gasteiger partial charge is 0.338 e. The van der Waals surface area contributed by atoms with E-state index in [1.165, 1.54) is 28.0 Å². The third kappa shape index (κ3) is 4.54. The van der Waals surface area contributed by atoms with Crippen molar-refractivity contribution in [3.05, 3.63) is 119 Å². The van der Waals surface area contributed by atoms with Crippen molar-refractivity contribution in [3.8, 4) is 11.3 Å². The van der Waals surface area contributed by atoms with Crippen LogP contribution in [0.25, 0.3) is 17.4 Å². The summed E-state index contributed by atoms with van der Waals surface area (Å²) in [5.41, 5.74) is 1.95. The first-order chi connectivity index (χ1) is 17.9. The van der Waals surface area contributed by atoms with Crippen molar-refractivity contribution < 1.29 is 18.9 Å². The number of nitro groups is 1. The maximum Gasteiger partial charge on any atom is 0.338 e. The average molecular weight is 516 g/mol. The van der Waals surface area contributed by atoms with Gasteiger partial charge in [0.15, 0.2) is 4.80 Å². The van der Waals surface area contributed by atoms with E-state index in [-0.39, 0.29) is 17.9 Å². The molecule has 3 heterocycles. The van der Waals surface area contributed by atoms with Crippen LogP contribution < -0.4 is 14.9 Å². The van der Waals surface area contributed by atoms with Gasteiger partial charge < -0.3 is 9.15 Å². The van der Waals surface area contributed by atoms with Crippen molar-refractivity contribution in [2.24, 2.45) is 4.99 Å². The molecule has 0 amide bonds. The summed E-state index contributed by atoms with van der Waals surface area (Å²) in [6, 6.07) is 18.1. The molecule has 186 valence electrons. The highest BCUT2D eigenvalue weighted by molar-refractivity contribution is 7.07. The third-order valence-corrected chi connectivity index (χ3v) is 6.88. The molecule has 0 radical (unpaired) electrons. The molecule has 0 aliphatic carbocycles. The summed E-state index contributed by atoms with van der Waals surface area (Å²) in [5, 5.41) is 10.9. The maximum absolute atomic E-state index is 13.6. The van der Waals surface area contributed by atoms with Gasteiger partial charge in [0.2, 0.25) is 0 Å². The predicted octanol–water partition coefficient (Wildman–Crippen LogP) is 3.97. The number of carbonyl (C=O) groups excluding carboxylic acids is 1. The van der Waals surface area contributed by atoms with Crippen LogP contribution in [-0.2, 0) is 9.53 Å². The molecule has 0 spiro atoms. The molecule has 2 aromatic heterocycles. The Morgan fingerprint density at radius 1 is 1.16 bits per heavy atom. The van der Waals surface area contributed by atoms with Gasteiger partial charge in [-0.05, 0) is 43.7 Å². The Labute approximate surface area is 214 Å². The van der Waals surface area contributed by atoms with Crippen molar-refractivity contribution in [1.82, 2.24) is 4.57 Å². The summed E-state index contributed by atoms with van der Waals surface area (Å²) in [6.07, 6.45) is 1.63. The number of rotatable bonds is 6. The summed E-state index contributed by atoms with van der Waals surface area (Å²) < 4.78 is 13.1. The number of nitrogens with zero attached hydrogens (tertiary/aromatic N) is 3. The number of aromatic nitrogens is 1. The lowest BCUT2D eigenvalue weighted by molar-refractivity contribution is -0.384. The fourth-order valence-corrected chi connectivity index (χ4v) is 5.23. The molecule has 1 aliphatic rings. The van der Waals surface area contributed by atoms with Crippen LogP contribution in [0.3, 0.4) is 0 Å². The minimum Gasteiger partial charge on any atom is -0.463 e. The van der Waals surface area contributed by atoms with Crippen molar-refractivity contribution in [3.63, 3.8) is 0 Å². The minimum atomic E-state index is -0.675. The first-order valence-electron chi connectivity index (χ1n) is 11.5. The molecule has 4 aromatic rings. The van der Waals surface area contributed by atoms with Gasteiger partial charge in [0, 0.05) is 23.8 Å². The van der Waals surface area contributed by atoms with E-state index in [2.05, 4.69) is 4.99 Å². The second-order valence-corrected chi connectivity index (χ2v) is 9.23. The standard InChI is InChI=1S/C27H21N3O6S/c1-3-35-26(32)23-16(2)28-27-29(24(23)18-7-5-4-6-8-18)25(31)22(37-27)15-20-13-14-21(36-20)17-9-11-19(12-10-17)30(33)34/h4-15,24H,3H2,1-2H3. The zero-order chi connectivity index (χ0) is 26.1. The number of hydrogen-bond acceptors (Lipinski definition) is 8. The summed E-state index contributed by atoms with van der Waals surface area (Å²) in [5.74, 6) is 0.443. The molecule has 1 unspecified atom stereocenters. The van der Waals surface area contributed by atoms with E-state index in [0.29, 0.717) is 37.7 Å². The number of esters is 1. The van der Waals surface area contributed by atoms with Crippen LogP contribution in [0, 0.1) is 10.1 Å². The molecule has 0 saturated carbocycles. The number of thiazole rings is 1. The van der Waals surface area contributed by atoms with Crippen LogP contribution in [0.1, 0.15) is 31.2 Å². The van der Waals surface area contributed by atoms with Crippen LogP contribution >= 0.6 is 11.3 Å². The quantitative estimate of drug-likeness (QED) is 0.218. The van der Waals surface area contributed by atoms with Gasteiger partial charge in [0.1, 0.15) is 11.5 Å². The molecule has 0 fully saturated rings. The number of furan rings is 1. The van der Waals surface area contributed by atoms with Gasteiger partial charge in [-0.3, -0.25) is 19.5 Å². The molecule has 2 aromatic carbocycles. The number of nitro benzene ring substituents is 1. The van der Waals surface area contributed by atoms with Crippen LogP contribution in [-0.4, -0.2) is 22.1 Å². The Kier molecular flexibility index (Phi) is 6.41. The van der Waals surface area contributed by atoms with E-state index in [0.717, 1.165) is 5.56 Å². The minimum absolute atomic E-state index is 0.0120. The van der Waals surface area contributed by atoms with Crippen LogP contribution in [0.4, 0.5) is 5.69 Å². The largest absolute Gasteiger partial charge is 0.463 e. The first-order valence-corrected chi connectivity index (χ1v) is 12.3. The van der Waals surface area contributed by atoms with E-state index >= 15 is 0 Å². The average Bonchev–Trinajstić information content (AvgIpc) is 3.48. The highest BCUT2D eigenvalue weighted by atomic mass is 32.1. The van der Waals surface area contributed by atoms with Gasteiger partial charge in [-0.15, -0.1) is 0 Å².